The van der Waals surface area contributed by atoms with Crippen LogP contribution in [0, 0.1) is 0 Å². The van der Waals surface area contributed by atoms with E-state index >= 15 is 0 Å². The Hall–Kier alpha value is -1.76. The van der Waals surface area contributed by atoms with Crippen molar-refractivity contribution in [1.29, 1.82) is 0 Å². The van der Waals surface area contributed by atoms with Crippen molar-refractivity contribution < 1.29 is 14.6 Å². The largest absolute Gasteiger partial charge is 0.488 e. The van der Waals surface area contributed by atoms with Gasteiger partial charge in [0.25, 0.3) is 0 Å². The van der Waals surface area contributed by atoms with E-state index < -0.39 is 20.2 Å². The zero-order chi connectivity index (χ0) is 23.1. The first kappa shape index (κ1) is 25.5. The zero-order valence-corrected chi connectivity index (χ0v) is 21.5. The molecule has 170 valence electrons. The summed E-state index contributed by atoms with van der Waals surface area (Å²) < 4.78 is 8.15. The second kappa shape index (κ2) is 11.2. The molecule has 2 rings (SSSR count). The van der Waals surface area contributed by atoms with Gasteiger partial charge < -0.3 is 14.4 Å². The highest BCUT2D eigenvalue weighted by Crippen LogP contribution is 2.23. The molecule has 2 aromatic rings. The van der Waals surface area contributed by atoms with E-state index in [0.29, 0.717) is 6.42 Å². The molecule has 0 spiro atoms. The van der Waals surface area contributed by atoms with Gasteiger partial charge in [-0.2, -0.15) is 11.8 Å². The van der Waals surface area contributed by atoms with Gasteiger partial charge in [-0.05, 0) is 50.5 Å². The van der Waals surface area contributed by atoms with Gasteiger partial charge in [0.15, 0.2) is 0 Å². The van der Waals surface area contributed by atoms with Gasteiger partial charge in [-0.25, -0.2) is 0 Å². The van der Waals surface area contributed by atoms with Gasteiger partial charge in [0.2, 0.25) is 0 Å². The second-order valence-electron chi connectivity index (χ2n) is 9.82. The van der Waals surface area contributed by atoms with Crippen LogP contribution in [-0.4, -0.2) is 47.8 Å². The van der Waals surface area contributed by atoms with Crippen molar-refractivity contribution in [2.75, 3.05) is 12.3 Å². The first-order valence-electron chi connectivity index (χ1n) is 10.8. The molecular formula is C25H37NO3SSi. The fourth-order valence-corrected chi connectivity index (χ4v) is 6.47. The molecule has 0 radical (unpaired) electrons. The lowest BCUT2D eigenvalue weighted by atomic mass is 10.1. The summed E-state index contributed by atoms with van der Waals surface area (Å²) >= 11 is 1.86. The van der Waals surface area contributed by atoms with Crippen LogP contribution in [0.1, 0.15) is 31.9 Å². The van der Waals surface area contributed by atoms with E-state index in [2.05, 4.69) is 48.5 Å². The Bertz CT molecular complexity index is 813. The number of benzene rings is 2. The molecule has 0 heterocycles. The lowest BCUT2D eigenvalue weighted by Crippen LogP contribution is -2.56. The molecule has 0 saturated carbocycles. The van der Waals surface area contributed by atoms with E-state index in [1.54, 1.807) is 0 Å². The van der Waals surface area contributed by atoms with Crippen LogP contribution in [0.5, 0.6) is 5.75 Å². The van der Waals surface area contributed by atoms with Crippen LogP contribution < -0.4 is 4.74 Å². The monoisotopic (exact) mass is 459 g/mol. The van der Waals surface area contributed by atoms with Crippen LogP contribution in [0.3, 0.4) is 0 Å². The van der Waals surface area contributed by atoms with E-state index in [0.717, 1.165) is 29.4 Å². The predicted octanol–water partition coefficient (Wildman–Crippen LogP) is 5.93. The molecule has 31 heavy (non-hydrogen) atoms. The van der Waals surface area contributed by atoms with Gasteiger partial charge in [0.05, 0.1) is 0 Å². The van der Waals surface area contributed by atoms with Crippen LogP contribution in [0.2, 0.25) is 19.6 Å². The average Bonchev–Trinajstić information content (AvgIpc) is 2.66. The van der Waals surface area contributed by atoms with E-state index in [9.17, 15) is 9.90 Å². The third-order valence-corrected chi connectivity index (χ3v) is 8.15. The smallest absolute Gasteiger partial charge is 0.320 e. The molecule has 0 amide bonds. The molecular weight excluding hydrogens is 422 g/mol. The number of rotatable bonds is 11. The Morgan fingerprint density at radius 3 is 2.16 bits per heavy atom. The van der Waals surface area contributed by atoms with E-state index in [4.69, 9.17) is 4.74 Å². The second-order valence-corrected chi connectivity index (χ2v) is 15.8. The number of ether oxygens (including phenoxy) is 1. The highest BCUT2D eigenvalue weighted by atomic mass is 32.2. The van der Waals surface area contributed by atoms with Gasteiger partial charge >= 0.3 is 5.97 Å². The third-order valence-electron chi connectivity index (χ3n) is 4.89. The third kappa shape index (κ3) is 9.09. The SMILES string of the molecule is CC(C)(C)Oc1ccc(C[C@@H](C(=O)O)N(CCSCc2ccccc2)[Si](C)(C)C)cc1. The van der Waals surface area contributed by atoms with E-state index in [1.165, 1.54) is 5.56 Å². The van der Waals surface area contributed by atoms with Crippen LogP contribution in [-0.2, 0) is 17.0 Å². The molecule has 0 aromatic heterocycles. The normalized spacial score (nSPS) is 13.3. The fraction of sp³-hybridized carbons (Fsp3) is 0.480. The van der Waals surface area contributed by atoms with Crippen molar-refractivity contribution in [2.45, 2.75) is 64.2 Å². The molecule has 0 aliphatic heterocycles. The minimum atomic E-state index is -1.82. The Labute approximate surface area is 193 Å². The number of thioether (sulfide) groups is 1. The molecule has 0 bridgehead atoms. The number of carbonyl (C=O) groups is 1. The first-order chi connectivity index (χ1) is 14.5. The van der Waals surface area contributed by atoms with Crippen LogP contribution in [0.25, 0.3) is 0 Å². The van der Waals surface area contributed by atoms with Gasteiger partial charge in [0, 0.05) is 18.1 Å². The molecule has 0 aliphatic rings. The number of hydrogen-bond acceptors (Lipinski definition) is 4. The van der Waals surface area contributed by atoms with Gasteiger partial charge in [-0.3, -0.25) is 4.79 Å². The number of hydrogen-bond donors (Lipinski definition) is 1. The number of carboxylic acid groups (broad SMARTS) is 1. The number of aliphatic carboxylic acids is 1. The van der Waals surface area contributed by atoms with Crippen LogP contribution in [0.4, 0.5) is 0 Å². The number of nitrogens with zero attached hydrogens (tertiary/aromatic N) is 1. The Balaban J connectivity index is 2.04. The highest BCUT2D eigenvalue weighted by molar-refractivity contribution is 7.98. The Morgan fingerprint density at radius 1 is 1.03 bits per heavy atom. The minimum absolute atomic E-state index is 0.253. The van der Waals surface area contributed by atoms with Crippen LogP contribution >= 0.6 is 11.8 Å². The topological polar surface area (TPSA) is 49.8 Å². The number of carboxylic acids is 1. The quantitative estimate of drug-likeness (QED) is 0.333. The fourth-order valence-electron chi connectivity index (χ4n) is 3.49. The Morgan fingerprint density at radius 2 is 1.65 bits per heavy atom. The molecule has 2 aromatic carbocycles. The van der Waals surface area contributed by atoms with Crippen molar-refractivity contribution in [2.24, 2.45) is 0 Å². The average molecular weight is 460 g/mol. The standard InChI is InChI=1S/C25H37NO3SSi/c1-25(2,3)29-22-14-12-20(13-15-22)18-23(24(27)28)26(31(4,5)6)16-17-30-19-21-10-8-7-9-11-21/h7-15,23H,16-19H2,1-6H3,(H,27,28)/t23-/m0/s1. The molecule has 1 N–H and O–H groups in total. The highest BCUT2D eigenvalue weighted by Gasteiger charge is 2.34. The molecule has 0 aliphatic carbocycles. The first-order valence-corrected chi connectivity index (χ1v) is 15.4. The van der Waals surface area contributed by atoms with Crippen molar-refractivity contribution in [3.05, 3.63) is 65.7 Å². The summed E-state index contributed by atoms with van der Waals surface area (Å²) in [6, 6.07) is 17.8. The molecule has 0 unspecified atom stereocenters. The Kier molecular flexibility index (Phi) is 9.22. The molecule has 4 nitrogen and oxygen atoms in total. The predicted molar refractivity (Wildman–Crippen MR) is 135 cm³/mol. The molecule has 0 saturated heterocycles. The summed E-state index contributed by atoms with van der Waals surface area (Å²) in [6.07, 6.45) is 0.499. The lowest BCUT2D eigenvalue weighted by Gasteiger charge is -2.38. The molecule has 6 heteroatoms. The zero-order valence-electron chi connectivity index (χ0n) is 19.7. The van der Waals surface area contributed by atoms with Gasteiger partial charge in [-0.1, -0.05) is 62.1 Å². The molecule has 1 atom stereocenters. The van der Waals surface area contributed by atoms with Crippen LogP contribution in [0.15, 0.2) is 54.6 Å². The van der Waals surface area contributed by atoms with E-state index in [1.807, 2.05) is 62.9 Å². The van der Waals surface area contributed by atoms with Crippen molar-refractivity contribution in [3.8, 4) is 5.75 Å². The summed E-state index contributed by atoms with van der Waals surface area (Å²) in [7, 11) is -1.82. The summed E-state index contributed by atoms with van der Waals surface area (Å²) in [5.74, 6) is 1.93. The lowest BCUT2D eigenvalue weighted by molar-refractivity contribution is -0.141. The van der Waals surface area contributed by atoms with Gasteiger partial charge in [-0.15, -0.1) is 0 Å². The summed E-state index contributed by atoms with van der Waals surface area (Å²) in [5.41, 5.74) is 2.07. The summed E-state index contributed by atoms with van der Waals surface area (Å²) in [6.45, 7) is 13.5. The molecule has 0 fully saturated rings. The van der Waals surface area contributed by atoms with Crippen molar-refractivity contribution in [3.63, 3.8) is 0 Å². The van der Waals surface area contributed by atoms with Crippen molar-refractivity contribution in [1.82, 2.24) is 4.57 Å². The maximum Gasteiger partial charge on any atom is 0.320 e. The van der Waals surface area contributed by atoms with Crippen molar-refractivity contribution >= 4 is 26.0 Å². The summed E-state index contributed by atoms with van der Waals surface area (Å²) in [5, 5.41) is 10.1. The minimum Gasteiger partial charge on any atom is -0.488 e. The van der Waals surface area contributed by atoms with Gasteiger partial charge in [0.1, 0.15) is 25.6 Å². The maximum atomic E-state index is 12.2. The maximum absolute atomic E-state index is 12.2. The summed E-state index contributed by atoms with van der Waals surface area (Å²) in [4.78, 5) is 12.2. The van der Waals surface area contributed by atoms with E-state index in [-0.39, 0.29) is 5.60 Å².